The van der Waals surface area contributed by atoms with Crippen LogP contribution in [0.4, 0.5) is 5.69 Å². The average Bonchev–Trinajstić information content (AvgIpc) is 2.62. The fourth-order valence-electron chi connectivity index (χ4n) is 2.43. The van der Waals surface area contributed by atoms with Gasteiger partial charge in [0, 0.05) is 34.6 Å². The summed E-state index contributed by atoms with van der Waals surface area (Å²) in [5, 5.41) is 0.514. The number of halogens is 1. The maximum atomic E-state index is 6.05. The monoisotopic (exact) mass is 366 g/mol. The smallest absolute Gasteiger partial charge is 0.217 e. The molecule has 4 nitrogen and oxygen atoms in total. The van der Waals surface area contributed by atoms with Crippen molar-refractivity contribution >= 4 is 17.3 Å². The first-order chi connectivity index (χ1) is 12.6. The van der Waals surface area contributed by atoms with E-state index in [1.807, 2.05) is 30.3 Å². The number of benzene rings is 2. The van der Waals surface area contributed by atoms with Crippen molar-refractivity contribution in [2.24, 2.45) is 0 Å². The SMILES string of the molecule is C=CCc1cnc(OCc2ccccc2)cc1Oc1cc(N)cc(Cl)c1. The summed E-state index contributed by atoms with van der Waals surface area (Å²) in [6.45, 7) is 4.20. The van der Waals surface area contributed by atoms with Gasteiger partial charge in [0.05, 0.1) is 0 Å². The molecule has 2 N–H and O–H groups in total. The fraction of sp³-hybridized carbons (Fsp3) is 0.0952. The number of nitrogen functional groups attached to an aromatic ring is 1. The largest absolute Gasteiger partial charge is 0.473 e. The zero-order chi connectivity index (χ0) is 18.4. The van der Waals surface area contributed by atoms with Gasteiger partial charge in [-0.2, -0.15) is 0 Å². The van der Waals surface area contributed by atoms with Crippen LogP contribution in [-0.4, -0.2) is 4.98 Å². The Morgan fingerprint density at radius 1 is 1.12 bits per heavy atom. The molecule has 0 saturated heterocycles. The highest BCUT2D eigenvalue weighted by Gasteiger charge is 2.09. The van der Waals surface area contributed by atoms with E-state index in [1.165, 1.54) is 0 Å². The molecule has 1 aromatic heterocycles. The maximum absolute atomic E-state index is 6.05. The molecule has 0 fully saturated rings. The van der Waals surface area contributed by atoms with Crippen LogP contribution < -0.4 is 15.2 Å². The van der Waals surface area contributed by atoms with E-state index < -0.39 is 0 Å². The number of aromatic nitrogens is 1. The molecule has 0 bridgehead atoms. The summed E-state index contributed by atoms with van der Waals surface area (Å²) in [6, 6.07) is 16.8. The third-order valence-corrected chi connectivity index (χ3v) is 3.85. The molecule has 1 heterocycles. The van der Waals surface area contributed by atoms with Crippen molar-refractivity contribution in [3.05, 3.63) is 89.6 Å². The van der Waals surface area contributed by atoms with Crippen LogP contribution >= 0.6 is 11.6 Å². The van der Waals surface area contributed by atoms with Crippen molar-refractivity contribution in [2.75, 3.05) is 5.73 Å². The van der Waals surface area contributed by atoms with Crippen LogP contribution in [-0.2, 0) is 13.0 Å². The Kier molecular flexibility index (Phi) is 5.77. The molecule has 0 radical (unpaired) electrons. The van der Waals surface area contributed by atoms with E-state index in [1.54, 1.807) is 36.5 Å². The fourth-order valence-corrected chi connectivity index (χ4v) is 2.67. The predicted octanol–water partition coefficient (Wildman–Crippen LogP) is 5.42. The van der Waals surface area contributed by atoms with Gasteiger partial charge < -0.3 is 15.2 Å². The highest BCUT2D eigenvalue weighted by molar-refractivity contribution is 6.31. The van der Waals surface area contributed by atoms with Gasteiger partial charge in [0.15, 0.2) is 0 Å². The number of rotatable bonds is 7. The van der Waals surface area contributed by atoms with Crippen LogP contribution in [0.25, 0.3) is 0 Å². The van der Waals surface area contributed by atoms with E-state index in [0.29, 0.717) is 41.1 Å². The van der Waals surface area contributed by atoms with Crippen LogP contribution in [0.15, 0.2) is 73.4 Å². The summed E-state index contributed by atoms with van der Waals surface area (Å²) in [4.78, 5) is 4.35. The molecule has 0 unspecified atom stereocenters. The Bertz CT molecular complexity index is 878. The quantitative estimate of drug-likeness (QED) is 0.448. The Hall–Kier alpha value is -2.98. The van der Waals surface area contributed by atoms with Crippen molar-refractivity contribution in [1.29, 1.82) is 0 Å². The number of anilines is 1. The van der Waals surface area contributed by atoms with Gasteiger partial charge in [-0.3, -0.25) is 0 Å². The lowest BCUT2D eigenvalue weighted by atomic mass is 10.2. The molecule has 0 atom stereocenters. The number of hydrogen-bond donors (Lipinski definition) is 1. The lowest BCUT2D eigenvalue weighted by molar-refractivity contribution is 0.292. The third kappa shape index (κ3) is 4.77. The average molecular weight is 367 g/mol. The number of nitrogens with zero attached hydrogens (tertiary/aromatic N) is 1. The first-order valence-electron chi connectivity index (χ1n) is 8.14. The second kappa shape index (κ2) is 8.41. The predicted molar refractivity (Wildman–Crippen MR) is 105 cm³/mol. The summed E-state index contributed by atoms with van der Waals surface area (Å²) in [5.41, 5.74) is 8.33. The first kappa shape index (κ1) is 17.8. The first-order valence-corrected chi connectivity index (χ1v) is 8.52. The molecule has 3 rings (SSSR count). The molecule has 3 aromatic rings. The van der Waals surface area contributed by atoms with Crippen molar-refractivity contribution in [3.8, 4) is 17.4 Å². The van der Waals surface area contributed by atoms with Crippen molar-refractivity contribution in [1.82, 2.24) is 4.98 Å². The van der Waals surface area contributed by atoms with Gasteiger partial charge in [0.1, 0.15) is 18.1 Å². The Morgan fingerprint density at radius 3 is 2.65 bits per heavy atom. The number of allylic oxidation sites excluding steroid dienone is 1. The van der Waals surface area contributed by atoms with E-state index in [2.05, 4.69) is 11.6 Å². The Labute approximate surface area is 157 Å². The molecule has 0 aliphatic carbocycles. The molecule has 5 heteroatoms. The van der Waals surface area contributed by atoms with Gasteiger partial charge in [0.25, 0.3) is 0 Å². The zero-order valence-electron chi connectivity index (χ0n) is 14.2. The van der Waals surface area contributed by atoms with E-state index in [9.17, 15) is 0 Å². The van der Waals surface area contributed by atoms with Crippen LogP contribution in [0.1, 0.15) is 11.1 Å². The minimum atomic E-state index is 0.429. The van der Waals surface area contributed by atoms with Gasteiger partial charge in [-0.15, -0.1) is 6.58 Å². The molecular weight excluding hydrogens is 348 g/mol. The second-order valence-corrected chi connectivity index (χ2v) is 6.16. The Balaban J connectivity index is 1.82. The number of pyridine rings is 1. The van der Waals surface area contributed by atoms with Gasteiger partial charge in [-0.25, -0.2) is 4.98 Å². The lowest BCUT2D eigenvalue weighted by Gasteiger charge is -2.13. The van der Waals surface area contributed by atoms with Crippen LogP contribution in [0, 0.1) is 0 Å². The minimum Gasteiger partial charge on any atom is -0.473 e. The molecule has 0 aliphatic rings. The molecule has 132 valence electrons. The standard InChI is InChI=1S/C21H19ClN2O2/c1-2-6-16-13-24-21(25-14-15-7-4-3-5-8-15)12-20(16)26-19-10-17(22)9-18(23)11-19/h2-5,7-13H,1,6,14,23H2. The van der Waals surface area contributed by atoms with Crippen LogP contribution in [0.5, 0.6) is 17.4 Å². The molecule has 0 saturated carbocycles. The third-order valence-electron chi connectivity index (χ3n) is 3.63. The zero-order valence-corrected chi connectivity index (χ0v) is 14.9. The summed E-state index contributed by atoms with van der Waals surface area (Å²) in [5.74, 6) is 1.66. The topological polar surface area (TPSA) is 57.4 Å². The summed E-state index contributed by atoms with van der Waals surface area (Å²) in [6.07, 6.45) is 4.14. The summed E-state index contributed by atoms with van der Waals surface area (Å²) in [7, 11) is 0. The van der Waals surface area contributed by atoms with Crippen molar-refractivity contribution < 1.29 is 9.47 Å². The molecule has 0 aliphatic heterocycles. The van der Waals surface area contributed by atoms with Gasteiger partial charge in [-0.05, 0) is 24.1 Å². The maximum Gasteiger partial charge on any atom is 0.217 e. The number of ether oxygens (including phenoxy) is 2. The minimum absolute atomic E-state index is 0.429. The van der Waals surface area contributed by atoms with E-state index in [0.717, 1.165) is 11.1 Å². The van der Waals surface area contributed by atoms with Gasteiger partial charge in [-0.1, -0.05) is 48.0 Å². The van der Waals surface area contributed by atoms with E-state index in [4.69, 9.17) is 26.8 Å². The van der Waals surface area contributed by atoms with Crippen molar-refractivity contribution in [2.45, 2.75) is 13.0 Å². The summed E-state index contributed by atoms with van der Waals surface area (Å²) >= 11 is 6.05. The number of nitrogens with two attached hydrogens (primary N) is 1. The van der Waals surface area contributed by atoms with E-state index >= 15 is 0 Å². The lowest BCUT2D eigenvalue weighted by Crippen LogP contribution is -1.99. The molecule has 26 heavy (non-hydrogen) atoms. The Morgan fingerprint density at radius 2 is 1.92 bits per heavy atom. The second-order valence-electron chi connectivity index (χ2n) is 5.72. The summed E-state index contributed by atoms with van der Waals surface area (Å²) < 4.78 is 11.8. The van der Waals surface area contributed by atoms with Crippen molar-refractivity contribution in [3.63, 3.8) is 0 Å². The van der Waals surface area contributed by atoms with E-state index in [-0.39, 0.29) is 0 Å². The van der Waals surface area contributed by atoms with Crippen LogP contribution in [0.2, 0.25) is 5.02 Å². The van der Waals surface area contributed by atoms with Crippen LogP contribution in [0.3, 0.4) is 0 Å². The number of hydrogen-bond acceptors (Lipinski definition) is 4. The van der Waals surface area contributed by atoms with Gasteiger partial charge in [0.2, 0.25) is 5.88 Å². The molecule has 2 aromatic carbocycles. The highest BCUT2D eigenvalue weighted by atomic mass is 35.5. The normalized spacial score (nSPS) is 10.3. The molecule has 0 amide bonds. The molecule has 0 spiro atoms. The van der Waals surface area contributed by atoms with Gasteiger partial charge >= 0.3 is 0 Å². The molecular formula is C21H19ClN2O2. The highest BCUT2D eigenvalue weighted by Crippen LogP contribution is 2.31.